The monoisotopic (exact) mass is 315 g/mol. The van der Waals surface area contributed by atoms with Crippen LogP contribution in [0.3, 0.4) is 0 Å². The molecule has 5 nitrogen and oxygen atoms in total. The van der Waals surface area contributed by atoms with E-state index >= 15 is 0 Å². The molecule has 0 saturated carbocycles. The van der Waals surface area contributed by atoms with Crippen LogP contribution in [0.25, 0.3) is 0 Å². The lowest BCUT2D eigenvalue weighted by Gasteiger charge is -2.16. The average molecular weight is 316 g/mol. The van der Waals surface area contributed by atoms with E-state index < -0.39 is 0 Å². The Balaban J connectivity index is 1.73. The Labute approximate surface area is 132 Å². The van der Waals surface area contributed by atoms with Crippen molar-refractivity contribution in [2.75, 3.05) is 6.54 Å². The molecule has 2 heterocycles. The number of nitrogens with zero attached hydrogens (tertiary/aromatic N) is 2. The summed E-state index contributed by atoms with van der Waals surface area (Å²) in [7, 11) is 0. The van der Waals surface area contributed by atoms with Crippen LogP contribution in [0.1, 0.15) is 22.2 Å². The first-order valence-electron chi connectivity index (χ1n) is 6.80. The summed E-state index contributed by atoms with van der Waals surface area (Å²) in [4.78, 5) is 12.2. The lowest BCUT2D eigenvalue weighted by molar-refractivity contribution is 0.0948. The Morgan fingerprint density at radius 2 is 2.23 bits per heavy atom. The zero-order chi connectivity index (χ0) is 15.4. The van der Waals surface area contributed by atoms with Gasteiger partial charge in [-0.25, -0.2) is 0 Å². The maximum absolute atomic E-state index is 12.2. The number of furan rings is 1. The minimum atomic E-state index is -0.201. The summed E-state index contributed by atoms with van der Waals surface area (Å²) < 4.78 is 7.19. The first kappa shape index (κ1) is 14.4. The fourth-order valence-corrected chi connectivity index (χ4v) is 2.38. The second-order valence-corrected chi connectivity index (χ2v) is 5.17. The van der Waals surface area contributed by atoms with Crippen LogP contribution in [0.5, 0.6) is 0 Å². The molecule has 3 rings (SSSR count). The zero-order valence-corrected chi connectivity index (χ0v) is 12.4. The predicted molar refractivity (Wildman–Crippen MR) is 82.9 cm³/mol. The van der Waals surface area contributed by atoms with E-state index in [4.69, 9.17) is 16.0 Å². The van der Waals surface area contributed by atoms with E-state index in [2.05, 4.69) is 10.4 Å². The average Bonchev–Trinajstić information content (AvgIpc) is 3.21. The number of halogens is 1. The van der Waals surface area contributed by atoms with Crippen molar-refractivity contribution >= 4 is 17.5 Å². The molecular weight excluding hydrogens is 302 g/mol. The Morgan fingerprint density at radius 1 is 1.32 bits per heavy atom. The van der Waals surface area contributed by atoms with E-state index in [1.165, 1.54) is 0 Å². The summed E-state index contributed by atoms with van der Waals surface area (Å²) in [5.74, 6) is 0.543. The molecule has 1 N–H and O–H groups in total. The van der Waals surface area contributed by atoms with E-state index in [0.717, 1.165) is 5.76 Å². The van der Waals surface area contributed by atoms with Gasteiger partial charge in [0.2, 0.25) is 0 Å². The van der Waals surface area contributed by atoms with Crippen LogP contribution in [0.2, 0.25) is 5.02 Å². The number of carbonyl (C=O) groups is 1. The smallest absolute Gasteiger partial charge is 0.251 e. The molecule has 3 aromatic rings. The lowest BCUT2D eigenvalue weighted by Crippen LogP contribution is -2.31. The van der Waals surface area contributed by atoms with Crippen molar-refractivity contribution in [3.05, 3.63) is 77.5 Å². The maximum atomic E-state index is 12.2. The molecule has 0 aliphatic rings. The van der Waals surface area contributed by atoms with Gasteiger partial charge in [-0.2, -0.15) is 5.10 Å². The molecule has 0 radical (unpaired) electrons. The van der Waals surface area contributed by atoms with Crippen LogP contribution >= 0.6 is 11.6 Å². The first-order valence-corrected chi connectivity index (χ1v) is 7.18. The SMILES string of the molecule is O=C(NCC(c1ccco1)n1cccn1)c1cccc(Cl)c1. The van der Waals surface area contributed by atoms with Crippen LogP contribution < -0.4 is 5.32 Å². The summed E-state index contributed by atoms with van der Waals surface area (Å²) in [5.41, 5.74) is 0.520. The Kier molecular flexibility index (Phi) is 4.25. The van der Waals surface area contributed by atoms with Crippen molar-refractivity contribution < 1.29 is 9.21 Å². The number of aromatic nitrogens is 2. The standard InChI is InChI=1S/C16H14ClN3O2/c17-13-5-1-4-12(10-13)16(21)18-11-14(15-6-2-9-22-15)20-8-3-7-19-20/h1-10,14H,11H2,(H,18,21). The maximum Gasteiger partial charge on any atom is 0.251 e. The summed E-state index contributed by atoms with van der Waals surface area (Å²) >= 11 is 5.90. The molecule has 0 saturated heterocycles. The third kappa shape index (κ3) is 3.20. The van der Waals surface area contributed by atoms with Crippen LogP contribution in [0.15, 0.2) is 65.5 Å². The number of hydrogen-bond donors (Lipinski definition) is 1. The summed E-state index contributed by atoms with van der Waals surface area (Å²) in [6.07, 6.45) is 5.12. The van der Waals surface area contributed by atoms with E-state index in [1.54, 1.807) is 41.4 Å². The van der Waals surface area contributed by atoms with Gasteiger partial charge < -0.3 is 9.73 Å². The second-order valence-electron chi connectivity index (χ2n) is 4.74. The first-order chi connectivity index (χ1) is 10.7. The lowest BCUT2D eigenvalue weighted by atomic mass is 10.2. The molecule has 0 bridgehead atoms. The normalized spacial score (nSPS) is 12.0. The van der Waals surface area contributed by atoms with Crippen molar-refractivity contribution in [1.29, 1.82) is 0 Å². The summed E-state index contributed by atoms with van der Waals surface area (Å²) in [5, 5.41) is 7.64. The summed E-state index contributed by atoms with van der Waals surface area (Å²) in [6.45, 7) is 0.362. The topological polar surface area (TPSA) is 60.1 Å². The highest BCUT2D eigenvalue weighted by atomic mass is 35.5. The zero-order valence-electron chi connectivity index (χ0n) is 11.6. The number of rotatable bonds is 5. The second kappa shape index (κ2) is 6.49. The number of amides is 1. The minimum absolute atomic E-state index is 0.189. The van der Waals surface area contributed by atoms with E-state index in [1.807, 2.05) is 24.4 Å². The molecule has 22 heavy (non-hydrogen) atoms. The number of hydrogen-bond acceptors (Lipinski definition) is 3. The molecular formula is C16H14ClN3O2. The van der Waals surface area contributed by atoms with Crippen molar-refractivity contribution in [2.24, 2.45) is 0 Å². The van der Waals surface area contributed by atoms with Gasteiger partial charge in [0.1, 0.15) is 11.8 Å². The van der Waals surface area contributed by atoms with Gasteiger partial charge in [-0.1, -0.05) is 17.7 Å². The largest absolute Gasteiger partial charge is 0.467 e. The van der Waals surface area contributed by atoms with E-state index in [9.17, 15) is 4.79 Å². The van der Waals surface area contributed by atoms with Gasteiger partial charge in [-0.15, -0.1) is 0 Å². The van der Waals surface area contributed by atoms with Gasteiger partial charge in [0.05, 0.1) is 6.26 Å². The van der Waals surface area contributed by atoms with Crippen LogP contribution in [-0.2, 0) is 0 Å². The molecule has 0 spiro atoms. The summed E-state index contributed by atoms with van der Waals surface area (Å²) in [6, 6.07) is 12.1. The third-order valence-corrected chi connectivity index (χ3v) is 3.49. The van der Waals surface area contributed by atoms with Crippen molar-refractivity contribution in [3.63, 3.8) is 0 Å². The van der Waals surface area contributed by atoms with Gasteiger partial charge >= 0.3 is 0 Å². The van der Waals surface area contributed by atoms with Crippen molar-refractivity contribution in [1.82, 2.24) is 15.1 Å². The molecule has 0 aliphatic heterocycles. The molecule has 1 unspecified atom stereocenters. The minimum Gasteiger partial charge on any atom is -0.467 e. The number of nitrogens with one attached hydrogen (secondary N) is 1. The van der Waals surface area contributed by atoms with E-state index in [0.29, 0.717) is 17.1 Å². The highest BCUT2D eigenvalue weighted by molar-refractivity contribution is 6.30. The van der Waals surface area contributed by atoms with Crippen molar-refractivity contribution in [3.8, 4) is 0 Å². The Hall–Kier alpha value is -2.53. The molecule has 112 valence electrons. The molecule has 1 aromatic carbocycles. The Bertz CT molecular complexity index is 704. The third-order valence-electron chi connectivity index (χ3n) is 3.26. The molecule has 2 aromatic heterocycles. The predicted octanol–water partition coefficient (Wildman–Crippen LogP) is 3.15. The van der Waals surface area contributed by atoms with Crippen LogP contribution in [0.4, 0.5) is 0 Å². The fourth-order valence-electron chi connectivity index (χ4n) is 2.19. The van der Waals surface area contributed by atoms with Crippen LogP contribution in [-0.4, -0.2) is 22.2 Å². The number of benzene rings is 1. The van der Waals surface area contributed by atoms with Gasteiger partial charge in [-0.3, -0.25) is 9.48 Å². The highest BCUT2D eigenvalue weighted by Gasteiger charge is 2.18. The number of carbonyl (C=O) groups excluding carboxylic acids is 1. The van der Waals surface area contributed by atoms with Gasteiger partial charge in [0.15, 0.2) is 0 Å². The molecule has 0 fully saturated rings. The van der Waals surface area contributed by atoms with Gasteiger partial charge in [0, 0.05) is 29.5 Å². The molecule has 0 aliphatic carbocycles. The molecule has 1 atom stereocenters. The van der Waals surface area contributed by atoms with E-state index in [-0.39, 0.29) is 11.9 Å². The Morgan fingerprint density at radius 3 is 2.91 bits per heavy atom. The van der Waals surface area contributed by atoms with Gasteiger partial charge in [0.25, 0.3) is 5.91 Å². The van der Waals surface area contributed by atoms with Crippen LogP contribution in [0, 0.1) is 0 Å². The fraction of sp³-hybridized carbons (Fsp3) is 0.125. The molecule has 1 amide bonds. The van der Waals surface area contributed by atoms with Crippen molar-refractivity contribution in [2.45, 2.75) is 6.04 Å². The van der Waals surface area contributed by atoms with Gasteiger partial charge in [-0.05, 0) is 36.4 Å². The molecule has 6 heteroatoms. The highest BCUT2D eigenvalue weighted by Crippen LogP contribution is 2.17. The quantitative estimate of drug-likeness (QED) is 0.787.